The van der Waals surface area contributed by atoms with Crippen LogP contribution in [-0.4, -0.2) is 20.1 Å². The quantitative estimate of drug-likeness (QED) is 0.772. The van der Waals surface area contributed by atoms with Crippen molar-refractivity contribution in [2.75, 3.05) is 25.3 Å². The second-order valence-electron chi connectivity index (χ2n) is 4.50. The van der Waals surface area contributed by atoms with E-state index < -0.39 is 5.91 Å². The lowest BCUT2D eigenvalue weighted by Crippen LogP contribution is -2.12. The Morgan fingerprint density at radius 2 is 1.61 bits per heavy atom. The molecule has 0 spiro atoms. The van der Waals surface area contributed by atoms with Gasteiger partial charge in [-0.25, -0.2) is 0 Å². The second kappa shape index (κ2) is 7.17. The number of nitrogen functional groups attached to an aromatic ring is 1. The van der Waals surface area contributed by atoms with Gasteiger partial charge in [0.1, 0.15) is 0 Å². The van der Waals surface area contributed by atoms with Crippen LogP contribution in [0.3, 0.4) is 0 Å². The van der Waals surface area contributed by atoms with Gasteiger partial charge < -0.3 is 20.5 Å². The molecule has 3 N–H and O–H groups in total. The molecule has 0 aliphatic rings. The van der Waals surface area contributed by atoms with Gasteiger partial charge in [0.25, 0.3) is 5.91 Å². The van der Waals surface area contributed by atoms with Crippen molar-refractivity contribution in [1.82, 2.24) is 0 Å². The number of hydrogen-bond donors (Lipinski definition) is 2. The number of nitrogens with two attached hydrogens (primary N) is 1. The third-order valence-corrected chi connectivity index (χ3v) is 3.94. The zero-order chi connectivity index (χ0) is 17.1. The molecule has 0 bridgehead atoms. The van der Waals surface area contributed by atoms with Crippen LogP contribution in [0.2, 0.25) is 15.1 Å². The summed E-state index contributed by atoms with van der Waals surface area (Å²) in [6.45, 7) is 0. The summed E-state index contributed by atoms with van der Waals surface area (Å²) in [5.41, 5.74) is 6.60. The van der Waals surface area contributed by atoms with Gasteiger partial charge in [0.05, 0.1) is 35.0 Å². The maximum atomic E-state index is 12.4. The molecule has 5 nitrogen and oxygen atoms in total. The van der Waals surface area contributed by atoms with E-state index in [-0.39, 0.29) is 26.3 Å². The van der Waals surface area contributed by atoms with Gasteiger partial charge in [-0.3, -0.25) is 4.79 Å². The second-order valence-corrected chi connectivity index (χ2v) is 5.72. The van der Waals surface area contributed by atoms with Crippen LogP contribution < -0.4 is 20.5 Å². The Labute approximate surface area is 148 Å². The van der Waals surface area contributed by atoms with Crippen molar-refractivity contribution in [2.45, 2.75) is 0 Å². The van der Waals surface area contributed by atoms with E-state index in [2.05, 4.69) is 5.32 Å². The molecule has 0 fully saturated rings. The van der Waals surface area contributed by atoms with E-state index in [4.69, 9.17) is 50.0 Å². The first-order chi connectivity index (χ1) is 10.9. The number of rotatable bonds is 4. The molecule has 0 aromatic heterocycles. The van der Waals surface area contributed by atoms with E-state index in [0.717, 1.165) is 0 Å². The van der Waals surface area contributed by atoms with Gasteiger partial charge in [-0.1, -0.05) is 34.8 Å². The average molecular weight is 376 g/mol. The molecule has 23 heavy (non-hydrogen) atoms. The van der Waals surface area contributed by atoms with Crippen LogP contribution in [0.4, 0.5) is 11.4 Å². The minimum atomic E-state index is -0.412. The van der Waals surface area contributed by atoms with Crippen molar-refractivity contribution < 1.29 is 14.3 Å². The van der Waals surface area contributed by atoms with Gasteiger partial charge >= 0.3 is 0 Å². The molecule has 2 aromatic rings. The van der Waals surface area contributed by atoms with Crippen molar-refractivity contribution in [1.29, 1.82) is 0 Å². The topological polar surface area (TPSA) is 73.6 Å². The van der Waals surface area contributed by atoms with Crippen molar-refractivity contribution in [2.24, 2.45) is 0 Å². The molecule has 0 unspecified atom stereocenters. The number of nitrogens with one attached hydrogen (secondary N) is 1. The van der Waals surface area contributed by atoms with E-state index in [0.29, 0.717) is 17.2 Å². The number of halogens is 3. The van der Waals surface area contributed by atoms with Gasteiger partial charge in [-0.05, 0) is 24.3 Å². The van der Waals surface area contributed by atoms with Crippen LogP contribution in [0, 0.1) is 0 Å². The van der Waals surface area contributed by atoms with Gasteiger partial charge in [0.2, 0.25) is 0 Å². The van der Waals surface area contributed by atoms with Crippen LogP contribution in [0.1, 0.15) is 10.4 Å². The van der Waals surface area contributed by atoms with Crippen molar-refractivity contribution in [3.8, 4) is 11.5 Å². The summed E-state index contributed by atoms with van der Waals surface area (Å²) < 4.78 is 10.3. The SMILES string of the molecule is COc1cc(C(=O)Nc2cc(Cl)c(N)c(Cl)c2)cc(Cl)c1OC. The molecule has 0 atom stereocenters. The van der Waals surface area contributed by atoms with Gasteiger partial charge in [0.15, 0.2) is 11.5 Å². The van der Waals surface area contributed by atoms with E-state index in [1.165, 1.54) is 38.5 Å². The highest BCUT2D eigenvalue weighted by Gasteiger charge is 2.16. The Hall–Kier alpha value is -1.82. The fourth-order valence-electron chi connectivity index (χ4n) is 1.91. The lowest BCUT2D eigenvalue weighted by atomic mass is 10.1. The zero-order valence-electron chi connectivity index (χ0n) is 12.2. The Kier molecular flexibility index (Phi) is 5.46. The summed E-state index contributed by atoms with van der Waals surface area (Å²) in [5, 5.41) is 3.42. The highest BCUT2D eigenvalue weighted by Crippen LogP contribution is 2.36. The van der Waals surface area contributed by atoms with E-state index in [1.54, 1.807) is 0 Å². The van der Waals surface area contributed by atoms with Gasteiger partial charge in [0, 0.05) is 11.3 Å². The highest BCUT2D eigenvalue weighted by atomic mass is 35.5. The van der Waals surface area contributed by atoms with Gasteiger partial charge in [-0.2, -0.15) is 0 Å². The van der Waals surface area contributed by atoms with E-state index >= 15 is 0 Å². The smallest absolute Gasteiger partial charge is 0.255 e. The molecule has 0 saturated heterocycles. The summed E-state index contributed by atoms with van der Waals surface area (Å²) in [6, 6.07) is 5.99. The molecule has 0 aliphatic heterocycles. The predicted molar refractivity (Wildman–Crippen MR) is 93.4 cm³/mol. The lowest BCUT2D eigenvalue weighted by molar-refractivity contribution is 0.102. The maximum Gasteiger partial charge on any atom is 0.255 e. The number of benzene rings is 2. The Bertz CT molecular complexity index is 743. The summed E-state index contributed by atoms with van der Waals surface area (Å²) in [6.07, 6.45) is 0. The molecule has 8 heteroatoms. The minimum absolute atomic E-state index is 0.248. The Morgan fingerprint density at radius 3 is 2.13 bits per heavy atom. The molecule has 1 amide bonds. The Balaban J connectivity index is 2.33. The summed E-state index contributed by atoms with van der Waals surface area (Å²) in [5.74, 6) is 0.285. The monoisotopic (exact) mass is 374 g/mol. The third kappa shape index (κ3) is 3.75. The molecular formula is C15H13Cl3N2O3. The number of anilines is 2. The number of amides is 1. The lowest BCUT2D eigenvalue weighted by Gasteiger charge is -2.12. The summed E-state index contributed by atoms with van der Waals surface area (Å²) in [4.78, 5) is 12.4. The van der Waals surface area contributed by atoms with Crippen LogP contribution in [0.5, 0.6) is 11.5 Å². The number of hydrogen-bond acceptors (Lipinski definition) is 4. The normalized spacial score (nSPS) is 10.3. The van der Waals surface area contributed by atoms with Crippen LogP contribution in [0.25, 0.3) is 0 Å². The van der Waals surface area contributed by atoms with Crippen molar-refractivity contribution in [3.63, 3.8) is 0 Å². The first kappa shape index (κ1) is 17.5. The van der Waals surface area contributed by atoms with Crippen molar-refractivity contribution in [3.05, 3.63) is 44.9 Å². The first-order valence-corrected chi connectivity index (χ1v) is 7.48. The third-order valence-electron chi connectivity index (χ3n) is 3.03. The number of methoxy groups -OCH3 is 2. The zero-order valence-corrected chi connectivity index (χ0v) is 14.5. The molecule has 2 aromatic carbocycles. The standard InChI is InChI=1S/C15H13Cl3N2O3/c1-22-12-4-7(3-11(18)14(12)23-2)15(21)20-8-5-9(16)13(19)10(17)6-8/h3-6H,19H2,1-2H3,(H,20,21). The molecule has 0 radical (unpaired) electrons. The minimum Gasteiger partial charge on any atom is -0.493 e. The summed E-state index contributed by atoms with van der Waals surface area (Å²) in [7, 11) is 2.91. The van der Waals surface area contributed by atoms with Crippen LogP contribution >= 0.6 is 34.8 Å². The first-order valence-electron chi connectivity index (χ1n) is 6.34. The molecule has 2 rings (SSSR count). The molecule has 0 saturated carbocycles. The van der Waals surface area contributed by atoms with Crippen LogP contribution in [-0.2, 0) is 0 Å². The van der Waals surface area contributed by atoms with E-state index in [1.807, 2.05) is 0 Å². The number of ether oxygens (including phenoxy) is 2. The largest absolute Gasteiger partial charge is 0.493 e. The van der Waals surface area contributed by atoms with Crippen LogP contribution in [0.15, 0.2) is 24.3 Å². The van der Waals surface area contributed by atoms with Gasteiger partial charge in [-0.15, -0.1) is 0 Å². The highest BCUT2D eigenvalue weighted by molar-refractivity contribution is 6.39. The van der Waals surface area contributed by atoms with E-state index in [9.17, 15) is 4.79 Å². The molecule has 122 valence electrons. The maximum absolute atomic E-state index is 12.4. The fraction of sp³-hybridized carbons (Fsp3) is 0.133. The fourth-order valence-corrected chi connectivity index (χ4v) is 2.68. The molecular weight excluding hydrogens is 363 g/mol. The number of carbonyl (C=O) groups is 1. The molecule has 0 aliphatic carbocycles. The predicted octanol–water partition coefficient (Wildman–Crippen LogP) is 4.50. The summed E-state index contributed by atoms with van der Waals surface area (Å²) >= 11 is 18.0. The average Bonchev–Trinajstić information content (AvgIpc) is 2.51. The number of carbonyl (C=O) groups excluding carboxylic acids is 1. The Morgan fingerprint density at radius 1 is 1.00 bits per heavy atom. The van der Waals surface area contributed by atoms with Crippen molar-refractivity contribution >= 4 is 52.1 Å². The molecule has 0 heterocycles.